The summed E-state index contributed by atoms with van der Waals surface area (Å²) in [4.78, 5) is 28.2. The monoisotopic (exact) mass is 549 g/mol. The molecule has 1 N–H and O–H groups in total. The third kappa shape index (κ3) is 9.67. The molecule has 0 aliphatic heterocycles. The van der Waals surface area contributed by atoms with Crippen molar-refractivity contribution < 1.29 is 18.0 Å². The molecule has 0 heterocycles. The van der Waals surface area contributed by atoms with Gasteiger partial charge < -0.3 is 10.2 Å². The summed E-state index contributed by atoms with van der Waals surface area (Å²) in [6.45, 7) is 11.8. The molecule has 1 atom stereocenters. The van der Waals surface area contributed by atoms with Crippen molar-refractivity contribution in [3.05, 3.63) is 64.2 Å². The molecule has 0 unspecified atom stereocenters. The average molecular weight is 550 g/mol. The second kappa shape index (κ2) is 12.8. The lowest BCUT2D eigenvalue weighted by Gasteiger charge is -2.33. The first-order valence-electron chi connectivity index (χ1n) is 12.5. The predicted molar refractivity (Wildman–Crippen MR) is 151 cm³/mol. The first kappa shape index (κ1) is 30.6. The second-order valence-corrected chi connectivity index (χ2v) is 12.9. The van der Waals surface area contributed by atoms with Gasteiger partial charge in [0.1, 0.15) is 6.04 Å². The number of aryl methyl sites for hydroxylation is 2. The molecule has 9 heteroatoms. The zero-order chi connectivity index (χ0) is 28.0. The van der Waals surface area contributed by atoms with Crippen molar-refractivity contribution in [2.45, 2.75) is 78.9 Å². The molecule has 2 aromatic carbocycles. The van der Waals surface area contributed by atoms with Crippen molar-refractivity contribution in [2.75, 3.05) is 17.1 Å². The Morgan fingerprint density at radius 2 is 1.59 bits per heavy atom. The number of halogens is 1. The third-order valence-electron chi connectivity index (χ3n) is 5.80. The lowest BCUT2D eigenvalue weighted by atomic mass is 10.0. The van der Waals surface area contributed by atoms with Crippen LogP contribution in [0.4, 0.5) is 5.69 Å². The van der Waals surface area contributed by atoms with Crippen LogP contribution in [0.5, 0.6) is 0 Å². The number of anilines is 1. The summed E-state index contributed by atoms with van der Waals surface area (Å²) in [7, 11) is -3.55. The highest BCUT2D eigenvalue weighted by Gasteiger charge is 2.30. The van der Waals surface area contributed by atoms with E-state index in [1.54, 1.807) is 17.0 Å². The quantitative estimate of drug-likeness (QED) is 0.416. The second-order valence-electron chi connectivity index (χ2n) is 10.6. The first-order valence-corrected chi connectivity index (χ1v) is 14.8. The van der Waals surface area contributed by atoms with Crippen molar-refractivity contribution in [3.63, 3.8) is 0 Å². The van der Waals surface area contributed by atoms with Gasteiger partial charge in [-0.15, -0.1) is 0 Å². The van der Waals surface area contributed by atoms with Gasteiger partial charge in [0.2, 0.25) is 21.8 Å². The normalized spacial score (nSPS) is 12.6. The number of rotatable bonds is 11. The fraction of sp³-hybridized carbons (Fsp3) is 0.500. The SMILES string of the molecule is CC[C@H](C(=O)NC(C)(C)C)N(Cc1ccc(Cl)cc1)C(=O)CCCN(c1cc(C)cc(C)c1)S(C)(=O)=O. The molecule has 2 amide bonds. The van der Waals surface area contributed by atoms with Gasteiger partial charge in [-0.2, -0.15) is 0 Å². The molecule has 2 aromatic rings. The molecule has 0 bridgehead atoms. The van der Waals surface area contributed by atoms with Crippen LogP contribution in [-0.2, 0) is 26.2 Å². The number of sulfonamides is 1. The minimum Gasteiger partial charge on any atom is -0.350 e. The van der Waals surface area contributed by atoms with Crippen LogP contribution in [0, 0.1) is 13.8 Å². The van der Waals surface area contributed by atoms with E-state index in [1.807, 2.05) is 71.9 Å². The van der Waals surface area contributed by atoms with E-state index in [1.165, 1.54) is 10.6 Å². The zero-order valence-corrected chi connectivity index (χ0v) is 24.5. The van der Waals surface area contributed by atoms with Crippen LogP contribution in [-0.4, -0.2) is 49.5 Å². The maximum atomic E-state index is 13.5. The lowest BCUT2D eigenvalue weighted by molar-refractivity contribution is -0.142. The van der Waals surface area contributed by atoms with Gasteiger partial charge in [-0.1, -0.05) is 36.7 Å². The smallest absolute Gasteiger partial charge is 0.243 e. The van der Waals surface area contributed by atoms with E-state index in [9.17, 15) is 18.0 Å². The summed E-state index contributed by atoms with van der Waals surface area (Å²) in [6.07, 6.45) is 2.03. The predicted octanol–water partition coefficient (Wildman–Crippen LogP) is 5.23. The number of carbonyl (C=O) groups excluding carboxylic acids is 2. The van der Waals surface area contributed by atoms with Crippen LogP contribution >= 0.6 is 11.6 Å². The molecule has 0 saturated carbocycles. The van der Waals surface area contributed by atoms with Gasteiger partial charge in [-0.3, -0.25) is 13.9 Å². The lowest BCUT2D eigenvalue weighted by Crippen LogP contribution is -2.53. The molecule has 0 saturated heterocycles. The van der Waals surface area contributed by atoms with Crippen LogP contribution in [0.25, 0.3) is 0 Å². The zero-order valence-electron chi connectivity index (χ0n) is 23.0. The maximum Gasteiger partial charge on any atom is 0.243 e. The first-order chi connectivity index (χ1) is 17.1. The van der Waals surface area contributed by atoms with E-state index in [-0.39, 0.29) is 31.3 Å². The van der Waals surface area contributed by atoms with E-state index in [4.69, 9.17) is 11.6 Å². The van der Waals surface area contributed by atoms with Gasteiger partial charge in [0.05, 0.1) is 11.9 Å². The summed E-state index contributed by atoms with van der Waals surface area (Å²) in [5.41, 5.74) is 2.92. The van der Waals surface area contributed by atoms with Gasteiger partial charge in [-0.25, -0.2) is 8.42 Å². The molecule has 7 nitrogen and oxygen atoms in total. The van der Waals surface area contributed by atoms with Crippen LogP contribution in [0.3, 0.4) is 0 Å². The summed E-state index contributed by atoms with van der Waals surface area (Å²) < 4.78 is 26.5. The number of nitrogens with zero attached hydrogens (tertiary/aromatic N) is 2. The minimum atomic E-state index is -3.55. The van der Waals surface area contributed by atoms with Crippen molar-refractivity contribution in [1.29, 1.82) is 0 Å². The van der Waals surface area contributed by atoms with Crippen LogP contribution in [0.2, 0.25) is 5.02 Å². The van der Waals surface area contributed by atoms with E-state index in [0.29, 0.717) is 23.6 Å². The summed E-state index contributed by atoms with van der Waals surface area (Å²) >= 11 is 6.03. The molecular formula is C28H40ClN3O4S. The Kier molecular flexibility index (Phi) is 10.6. The molecule has 0 aliphatic rings. The van der Waals surface area contributed by atoms with E-state index in [2.05, 4.69) is 5.32 Å². The Morgan fingerprint density at radius 3 is 2.08 bits per heavy atom. The highest BCUT2D eigenvalue weighted by Crippen LogP contribution is 2.23. The van der Waals surface area contributed by atoms with Gasteiger partial charge >= 0.3 is 0 Å². The van der Waals surface area contributed by atoms with Crippen LogP contribution in [0.1, 0.15) is 63.6 Å². The summed E-state index contributed by atoms with van der Waals surface area (Å²) in [5.74, 6) is -0.426. The summed E-state index contributed by atoms with van der Waals surface area (Å²) in [5, 5.41) is 3.57. The molecule has 204 valence electrons. The van der Waals surface area contributed by atoms with Crippen molar-refractivity contribution in [3.8, 4) is 0 Å². The fourth-order valence-corrected chi connectivity index (χ4v) is 5.33. The van der Waals surface area contributed by atoms with E-state index >= 15 is 0 Å². The van der Waals surface area contributed by atoms with Crippen LogP contribution < -0.4 is 9.62 Å². The summed E-state index contributed by atoms with van der Waals surface area (Å²) in [6, 6.07) is 12.2. The van der Waals surface area contributed by atoms with Crippen molar-refractivity contribution in [1.82, 2.24) is 10.2 Å². The van der Waals surface area contributed by atoms with Gasteiger partial charge in [0.25, 0.3) is 0 Å². The number of nitrogens with one attached hydrogen (secondary N) is 1. The largest absolute Gasteiger partial charge is 0.350 e. The average Bonchev–Trinajstić information content (AvgIpc) is 2.75. The molecule has 0 aromatic heterocycles. The fourth-order valence-electron chi connectivity index (χ4n) is 4.26. The topological polar surface area (TPSA) is 86.8 Å². The number of hydrogen-bond donors (Lipinski definition) is 1. The molecule has 2 rings (SSSR count). The minimum absolute atomic E-state index is 0.101. The van der Waals surface area contributed by atoms with Crippen LogP contribution in [0.15, 0.2) is 42.5 Å². The Morgan fingerprint density at radius 1 is 1.03 bits per heavy atom. The Labute approximate surface area is 227 Å². The number of benzene rings is 2. The molecule has 0 fully saturated rings. The molecule has 0 aliphatic carbocycles. The number of amides is 2. The number of carbonyl (C=O) groups is 2. The van der Waals surface area contributed by atoms with Gasteiger partial charge in [0.15, 0.2) is 0 Å². The highest BCUT2D eigenvalue weighted by atomic mass is 35.5. The molecule has 0 spiro atoms. The van der Waals surface area contributed by atoms with Gasteiger partial charge in [-0.05, 0) is 88.4 Å². The standard InChI is InChI=1S/C28H40ClN3O4S/c1-8-25(27(34)30-28(4,5)6)31(19-22-11-13-23(29)14-12-22)26(33)10-9-15-32(37(7,35)36)24-17-20(2)16-21(3)18-24/h11-14,16-18,25H,8-10,15,19H2,1-7H3,(H,30,34)/t25-/m1/s1. The van der Waals surface area contributed by atoms with E-state index in [0.717, 1.165) is 16.7 Å². The molecule has 0 radical (unpaired) electrons. The third-order valence-corrected chi connectivity index (χ3v) is 7.24. The highest BCUT2D eigenvalue weighted by molar-refractivity contribution is 7.92. The van der Waals surface area contributed by atoms with Crippen molar-refractivity contribution >= 4 is 39.1 Å². The maximum absolute atomic E-state index is 13.5. The number of hydrogen-bond acceptors (Lipinski definition) is 4. The van der Waals surface area contributed by atoms with E-state index < -0.39 is 21.6 Å². The molecule has 37 heavy (non-hydrogen) atoms. The van der Waals surface area contributed by atoms with Gasteiger partial charge in [0, 0.05) is 30.1 Å². The molecular weight excluding hydrogens is 510 g/mol. The van der Waals surface area contributed by atoms with Crippen molar-refractivity contribution in [2.24, 2.45) is 0 Å². The Bertz CT molecular complexity index is 1170. The Hall–Kier alpha value is -2.58. The Balaban J connectivity index is 2.26.